The third-order valence-corrected chi connectivity index (χ3v) is 9.64. The lowest BCUT2D eigenvalue weighted by molar-refractivity contribution is -0.270. The van der Waals surface area contributed by atoms with Gasteiger partial charge in [-0.05, 0) is 60.2 Å². The molecule has 9 heteroatoms. The molecule has 0 spiro atoms. The smallest absolute Gasteiger partial charge is 0.410 e. The minimum atomic E-state index is -0.844. The van der Waals surface area contributed by atoms with Crippen LogP contribution in [0.3, 0.4) is 0 Å². The predicted molar refractivity (Wildman–Crippen MR) is 208 cm³/mol. The molecule has 5 aromatic carbocycles. The van der Waals surface area contributed by atoms with Crippen molar-refractivity contribution in [3.8, 4) is 5.75 Å². The Kier molecular flexibility index (Phi) is 12.9. The molecule has 0 radical (unpaired) electrons. The van der Waals surface area contributed by atoms with Gasteiger partial charge >= 0.3 is 6.09 Å². The molecule has 2 aliphatic rings. The van der Waals surface area contributed by atoms with Gasteiger partial charge in [0.05, 0.1) is 19.8 Å². The van der Waals surface area contributed by atoms with Gasteiger partial charge in [0.25, 0.3) is 0 Å². The summed E-state index contributed by atoms with van der Waals surface area (Å²) < 4.78 is 44.5. The summed E-state index contributed by atoms with van der Waals surface area (Å²) >= 11 is 0. The lowest BCUT2D eigenvalue weighted by Crippen LogP contribution is -2.59. The first-order valence-corrected chi connectivity index (χ1v) is 18.9. The van der Waals surface area contributed by atoms with E-state index < -0.39 is 36.5 Å². The van der Waals surface area contributed by atoms with Gasteiger partial charge < -0.3 is 38.1 Å². The van der Waals surface area contributed by atoms with Crippen LogP contribution in [-0.2, 0) is 61.2 Å². The van der Waals surface area contributed by atoms with Crippen LogP contribution in [0.2, 0.25) is 0 Å². The molecule has 5 atom stereocenters. The molecule has 0 saturated carbocycles. The Bertz CT molecular complexity index is 1890. The van der Waals surface area contributed by atoms with E-state index >= 15 is 0 Å². The van der Waals surface area contributed by atoms with Crippen LogP contribution < -0.4 is 4.74 Å². The van der Waals surface area contributed by atoms with Crippen molar-refractivity contribution in [3.63, 3.8) is 0 Å². The molecule has 0 aliphatic carbocycles. The summed E-state index contributed by atoms with van der Waals surface area (Å²) in [7, 11) is 0. The fraction of sp³-hybridized carbons (Fsp3) is 0.326. The lowest BCUT2D eigenvalue weighted by atomic mass is 9.99. The first kappa shape index (κ1) is 38.3. The van der Waals surface area contributed by atoms with Gasteiger partial charge in [-0.2, -0.15) is 0 Å². The summed E-state index contributed by atoms with van der Waals surface area (Å²) in [5.41, 5.74) is 5.12. The van der Waals surface area contributed by atoms with Crippen LogP contribution >= 0.6 is 0 Å². The van der Waals surface area contributed by atoms with Gasteiger partial charge in [-0.15, -0.1) is 0 Å². The van der Waals surface area contributed by atoms with Crippen molar-refractivity contribution in [2.24, 2.45) is 0 Å². The summed E-state index contributed by atoms with van der Waals surface area (Å²) in [5, 5.41) is 0. The van der Waals surface area contributed by atoms with Gasteiger partial charge in [-0.3, -0.25) is 0 Å². The molecule has 2 heterocycles. The minimum Gasteiger partial charge on any atom is -0.462 e. The largest absolute Gasteiger partial charge is 0.462 e. The van der Waals surface area contributed by atoms with Gasteiger partial charge in [0.15, 0.2) is 5.79 Å². The van der Waals surface area contributed by atoms with Gasteiger partial charge in [-0.25, -0.2) is 4.79 Å². The van der Waals surface area contributed by atoms with E-state index in [0.29, 0.717) is 38.5 Å². The molecule has 0 N–H and O–H groups in total. The predicted octanol–water partition coefficient (Wildman–Crippen LogP) is 8.49. The third-order valence-electron chi connectivity index (χ3n) is 9.64. The quantitative estimate of drug-likeness (QED) is 0.0996. The Labute approximate surface area is 323 Å². The molecule has 1 amide bonds. The monoisotopic (exact) mass is 743 g/mol. The van der Waals surface area contributed by atoms with Crippen molar-refractivity contribution in [2.75, 3.05) is 13.2 Å². The highest BCUT2D eigenvalue weighted by molar-refractivity contribution is 5.67. The Hall–Kier alpha value is -5.03. The Balaban J connectivity index is 1.03. The normalized spacial score (nSPS) is 21.4. The van der Waals surface area contributed by atoms with Crippen LogP contribution in [0, 0.1) is 0 Å². The van der Waals surface area contributed by atoms with Crippen molar-refractivity contribution in [1.29, 1.82) is 0 Å². The van der Waals surface area contributed by atoms with Crippen LogP contribution in [0.1, 0.15) is 41.7 Å². The average Bonchev–Trinajstić information content (AvgIpc) is 3.55. The maximum atomic E-state index is 13.3. The van der Waals surface area contributed by atoms with Crippen molar-refractivity contribution in [2.45, 2.75) is 83.1 Å². The highest BCUT2D eigenvalue weighted by Crippen LogP contribution is 2.40. The van der Waals surface area contributed by atoms with Crippen molar-refractivity contribution >= 4 is 6.09 Å². The van der Waals surface area contributed by atoms with E-state index in [1.54, 1.807) is 4.90 Å². The second-order valence-corrected chi connectivity index (χ2v) is 14.3. The molecule has 5 aromatic rings. The van der Waals surface area contributed by atoms with E-state index in [4.69, 9.17) is 33.2 Å². The number of hydrogen-bond donors (Lipinski definition) is 0. The van der Waals surface area contributed by atoms with Crippen molar-refractivity contribution in [1.82, 2.24) is 4.90 Å². The molecule has 2 unspecified atom stereocenters. The van der Waals surface area contributed by atoms with Gasteiger partial charge in [0, 0.05) is 13.1 Å². The Morgan fingerprint density at radius 2 is 1.18 bits per heavy atom. The standard InChI is InChI=1S/C46H49NO8/c1-46(2)54-41-40(33-49-30-36-17-9-4-10-18-36)53-44(43(42(41)55-46)50-31-37-19-11-5-12-20-37)52-39-25-23-34(24-26-39)27-28-47(29-35-15-7-3-8-16-35)45(48)51-32-38-21-13-6-14-22-38/h3-26,40-44H,27-33H2,1-2H3/t40?,41-,42-,43?,44+/m0/s1. The van der Waals surface area contributed by atoms with E-state index in [0.717, 1.165) is 27.8 Å². The maximum absolute atomic E-state index is 13.3. The summed E-state index contributed by atoms with van der Waals surface area (Å²) in [4.78, 5) is 15.1. The summed E-state index contributed by atoms with van der Waals surface area (Å²) in [5.74, 6) is -0.227. The number of nitrogens with zero attached hydrogens (tertiary/aromatic N) is 1. The topological polar surface area (TPSA) is 84.9 Å². The Morgan fingerprint density at radius 1 is 0.636 bits per heavy atom. The molecular weight excluding hydrogens is 695 g/mol. The van der Waals surface area contributed by atoms with Gasteiger partial charge in [0.2, 0.25) is 6.29 Å². The Morgan fingerprint density at radius 3 is 1.80 bits per heavy atom. The summed E-state index contributed by atoms with van der Waals surface area (Å²) in [6.45, 7) is 6.02. The van der Waals surface area contributed by atoms with Crippen molar-refractivity contribution < 1.29 is 38.0 Å². The van der Waals surface area contributed by atoms with Crippen LogP contribution in [0.4, 0.5) is 4.79 Å². The van der Waals surface area contributed by atoms with Crippen LogP contribution in [-0.4, -0.2) is 60.6 Å². The third kappa shape index (κ3) is 10.8. The summed E-state index contributed by atoms with van der Waals surface area (Å²) in [6, 6.07) is 47.6. The van der Waals surface area contributed by atoms with Gasteiger partial charge in [-0.1, -0.05) is 133 Å². The summed E-state index contributed by atoms with van der Waals surface area (Å²) in [6.07, 6.45) is -2.48. The molecule has 7 rings (SSSR count). The number of carbonyl (C=O) groups is 1. The number of benzene rings is 5. The zero-order chi connectivity index (χ0) is 37.9. The van der Waals surface area contributed by atoms with Crippen LogP contribution in [0.15, 0.2) is 146 Å². The first-order valence-electron chi connectivity index (χ1n) is 18.9. The van der Waals surface area contributed by atoms with Gasteiger partial charge in [0.1, 0.15) is 36.8 Å². The molecule has 0 bridgehead atoms. The zero-order valence-corrected chi connectivity index (χ0v) is 31.4. The van der Waals surface area contributed by atoms with Crippen molar-refractivity contribution in [3.05, 3.63) is 173 Å². The number of carbonyl (C=O) groups excluding carboxylic acids is 1. The SMILES string of the molecule is CC1(C)O[C@@H]2C(OCc3ccccc3)[C@H](Oc3ccc(CCN(Cc4ccccc4)C(=O)OCc4ccccc4)cc3)OC(COCc3ccccc3)[C@@H]2O1. The number of fused-ring (bicyclic) bond motifs is 1. The lowest BCUT2D eigenvalue weighted by Gasteiger charge is -2.41. The molecular formula is C46H49NO8. The minimum absolute atomic E-state index is 0.215. The van der Waals surface area contributed by atoms with E-state index in [2.05, 4.69) is 0 Å². The first-order chi connectivity index (χ1) is 26.9. The van der Waals surface area contributed by atoms with E-state index in [1.807, 2.05) is 159 Å². The van der Waals surface area contributed by atoms with E-state index in [-0.39, 0.29) is 19.3 Å². The second kappa shape index (κ2) is 18.5. The zero-order valence-electron chi connectivity index (χ0n) is 31.4. The maximum Gasteiger partial charge on any atom is 0.410 e. The molecule has 0 aromatic heterocycles. The number of rotatable bonds is 16. The molecule has 9 nitrogen and oxygen atoms in total. The fourth-order valence-corrected chi connectivity index (χ4v) is 6.86. The number of amides is 1. The van der Waals surface area contributed by atoms with E-state index in [9.17, 15) is 4.79 Å². The number of hydrogen-bond acceptors (Lipinski definition) is 8. The van der Waals surface area contributed by atoms with Crippen LogP contribution in [0.25, 0.3) is 0 Å². The number of ether oxygens (including phenoxy) is 7. The molecule has 2 aliphatic heterocycles. The van der Waals surface area contributed by atoms with Crippen LogP contribution in [0.5, 0.6) is 5.75 Å². The van der Waals surface area contributed by atoms with E-state index in [1.165, 1.54) is 0 Å². The highest BCUT2D eigenvalue weighted by atomic mass is 16.8. The molecule has 2 saturated heterocycles. The fourth-order valence-electron chi connectivity index (χ4n) is 6.86. The highest BCUT2D eigenvalue weighted by Gasteiger charge is 2.56. The second-order valence-electron chi connectivity index (χ2n) is 14.3. The molecule has 2 fully saturated rings. The molecule has 55 heavy (non-hydrogen) atoms. The molecule has 286 valence electrons. The average molecular weight is 744 g/mol.